The first-order chi connectivity index (χ1) is 22.8. The van der Waals surface area contributed by atoms with E-state index in [0.29, 0.717) is 41.5 Å². The van der Waals surface area contributed by atoms with E-state index in [1.807, 2.05) is 0 Å². The van der Waals surface area contributed by atoms with Crippen molar-refractivity contribution >= 4 is 28.9 Å². The predicted octanol–water partition coefficient (Wildman–Crippen LogP) is 5.45. The number of pyridine rings is 2. The Morgan fingerprint density at radius 3 is 2.62 bits per heavy atom. The molecule has 2 atom stereocenters. The Labute approximate surface area is 267 Å². The number of carbonyl (C=O) groups excluding carboxylic acids is 2. The van der Waals surface area contributed by atoms with Crippen molar-refractivity contribution in [3.8, 4) is 11.4 Å². The van der Waals surface area contributed by atoms with Gasteiger partial charge >= 0.3 is 6.09 Å². The van der Waals surface area contributed by atoms with Crippen LogP contribution in [0.2, 0.25) is 0 Å². The number of ether oxygens (including phenoxy) is 1. The first kappa shape index (κ1) is 31.5. The Morgan fingerprint density at radius 1 is 0.936 bits per heavy atom. The Hall–Kier alpha value is -5.53. The number of nitrogens with zero attached hydrogens (tertiary/aromatic N) is 4. The minimum absolute atomic E-state index is 0.0135. The number of aromatic nitrogens is 5. The van der Waals surface area contributed by atoms with Gasteiger partial charge in [-0.2, -0.15) is 0 Å². The quantitative estimate of drug-likeness (QED) is 0.157. The third kappa shape index (κ3) is 8.01. The van der Waals surface area contributed by atoms with Gasteiger partial charge in [0.1, 0.15) is 29.6 Å². The number of anilines is 1. The van der Waals surface area contributed by atoms with E-state index in [0.717, 1.165) is 37.2 Å². The lowest BCUT2D eigenvalue weighted by molar-refractivity contribution is 0.0921. The summed E-state index contributed by atoms with van der Waals surface area (Å²) < 4.78 is 46.9. The molecule has 4 heterocycles. The third-order valence-electron chi connectivity index (χ3n) is 7.86. The summed E-state index contributed by atoms with van der Waals surface area (Å²) in [5.41, 5.74) is 2.60. The topological polar surface area (TPSA) is 147 Å². The van der Waals surface area contributed by atoms with Crippen molar-refractivity contribution in [2.45, 2.75) is 50.8 Å². The number of alkyl carbamates (subject to hydrolysis) is 1. The van der Waals surface area contributed by atoms with Crippen LogP contribution in [-0.4, -0.2) is 55.5 Å². The molecule has 4 N–H and O–H groups in total. The third-order valence-corrected chi connectivity index (χ3v) is 7.86. The smallest absolute Gasteiger partial charge is 0.407 e. The number of rotatable bonds is 10. The summed E-state index contributed by atoms with van der Waals surface area (Å²) in [6.45, 7) is 0.261. The maximum absolute atomic E-state index is 14.8. The van der Waals surface area contributed by atoms with E-state index >= 15 is 0 Å². The van der Waals surface area contributed by atoms with Gasteiger partial charge in [0.2, 0.25) is 0 Å². The molecule has 47 heavy (non-hydrogen) atoms. The van der Waals surface area contributed by atoms with E-state index in [-0.39, 0.29) is 47.8 Å². The maximum atomic E-state index is 14.8. The highest BCUT2D eigenvalue weighted by atomic mass is 19.1. The molecule has 0 spiro atoms. The molecule has 14 heteroatoms. The highest BCUT2D eigenvalue weighted by Crippen LogP contribution is 2.28. The number of carbonyl (C=O) groups is 2. The number of amides is 2. The molecule has 0 saturated heterocycles. The monoisotopic (exact) mass is 644 g/mol. The summed E-state index contributed by atoms with van der Waals surface area (Å²) in [6.07, 6.45) is 7.92. The second-order valence-electron chi connectivity index (χ2n) is 11.2. The Kier molecular flexibility index (Phi) is 9.55. The van der Waals surface area contributed by atoms with Crippen molar-refractivity contribution in [2.75, 3.05) is 11.9 Å². The van der Waals surface area contributed by atoms with Gasteiger partial charge in [-0.25, -0.2) is 32.9 Å². The molecule has 2 amide bonds. The lowest BCUT2D eigenvalue weighted by Gasteiger charge is -2.30. The second-order valence-corrected chi connectivity index (χ2v) is 11.2. The summed E-state index contributed by atoms with van der Waals surface area (Å²) in [5, 5.41) is 9.29. The van der Waals surface area contributed by atoms with Crippen LogP contribution in [0, 0.1) is 17.5 Å². The summed E-state index contributed by atoms with van der Waals surface area (Å²) in [7, 11) is 0. The van der Waals surface area contributed by atoms with Crippen molar-refractivity contribution in [1.82, 2.24) is 35.6 Å². The minimum atomic E-state index is -0.631. The SMILES string of the molecule is O=C(NCCc1ccc(F)cc1)OCc1ccnc(C(=O)N[C@H]2CCC[C@@H](Nc3nc(-c4c[nH]c5ncc(F)cc45)ncc3F)C2)c1. The van der Waals surface area contributed by atoms with Gasteiger partial charge < -0.3 is 25.7 Å². The van der Waals surface area contributed by atoms with E-state index in [2.05, 4.69) is 40.9 Å². The fraction of sp³-hybridized carbons (Fsp3) is 0.273. The van der Waals surface area contributed by atoms with Gasteiger partial charge in [0.25, 0.3) is 5.91 Å². The average Bonchev–Trinajstić information content (AvgIpc) is 3.49. The molecule has 4 aromatic heterocycles. The summed E-state index contributed by atoms with van der Waals surface area (Å²) in [4.78, 5) is 44.8. The Morgan fingerprint density at radius 2 is 1.77 bits per heavy atom. The normalized spacial score (nSPS) is 16.1. The zero-order valence-electron chi connectivity index (χ0n) is 25.1. The van der Waals surface area contributed by atoms with E-state index in [9.17, 15) is 22.8 Å². The van der Waals surface area contributed by atoms with Gasteiger partial charge in [0.05, 0.1) is 12.4 Å². The van der Waals surface area contributed by atoms with Crippen molar-refractivity contribution in [1.29, 1.82) is 0 Å². The fourth-order valence-corrected chi connectivity index (χ4v) is 5.51. The minimum Gasteiger partial charge on any atom is -0.445 e. The van der Waals surface area contributed by atoms with E-state index in [4.69, 9.17) is 4.74 Å². The number of nitrogens with one attached hydrogen (secondary N) is 4. The van der Waals surface area contributed by atoms with Crippen LogP contribution in [-0.2, 0) is 17.8 Å². The van der Waals surface area contributed by atoms with Gasteiger partial charge in [-0.3, -0.25) is 9.78 Å². The number of aromatic amines is 1. The lowest BCUT2D eigenvalue weighted by atomic mass is 9.91. The number of H-pyrrole nitrogens is 1. The number of benzene rings is 1. The molecule has 1 aliphatic rings. The molecule has 0 bridgehead atoms. The predicted molar refractivity (Wildman–Crippen MR) is 167 cm³/mol. The van der Waals surface area contributed by atoms with Crippen molar-refractivity contribution in [3.05, 3.63) is 102 Å². The van der Waals surface area contributed by atoms with Crippen LogP contribution >= 0.6 is 0 Å². The maximum Gasteiger partial charge on any atom is 0.407 e. The number of fused-ring (bicyclic) bond motifs is 1. The zero-order valence-corrected chi connectivity index (χ0v) is 25.1. The van der Waals surface area contributed by atoms with Crippen LogP contribution < -0.4 is 16.0 Å². The van der Waals surface area contributed by atoms with Crippen LogP contribution in [0.15, 0.2) is 67.3 Å². The largest absolute Gasteiger partial charge is 0.445 e. The second kappa shape index (κ2) is 14.3. The zero-order chi connectivity index (χ0) is 32.8. The molecule has 1 fully saturated rings. The molecule has 1 saturated carbocycles. The number of hydrogen-bond donors (Lipinski definition) is 4. The summed E-state index contributed by atoms with van der Waals surface area (Å²) in [6, 6.07) is 10.2. The van der Waals surface area contributed by atoms with Gasteiger partial charge in [-0.1, -0.05) is 12.1 Å². The van der Waals surface area contributed by atoms with Gasteiger partial charge in [-0.15, -0.1) is 0 Å². The molecular formula is C33H31F3N8O3. The molecule has 1 aromatic carbocycles. The number of hydrogen-bond acceptors (Lipinski definition) is 8. The number of halogens is 3. The lowest BCUT2D eigenvalue weighted by Crippen LogP contribution is -2.42. The Balaban J connectivity index is 1.01. The first-order valence-electron chi connectivity index (χ1n) is 15.1. The van der Waals surface area contributed by atoms with E-state index in [1.54, 1.807) is 30.5 Å². The highest BCUT2D eigenvalue weighted by Gasteiger charge is 2.26. The summed E-state index contributed by atoms with van der Waals surface area (Å²) in [5.74, 6) is -1.61. The molecule has 11 nitrogen and oxygen atoms in total. The van der Waals surface area contributed by atoms with E-state index in [1.165, 1.54) is 24.4 Å². The highest BCUT2D eigenvalue weighted by molar-refractivity contribution is 5.93. The molecule has 242 valence electrons. The van der Waals surface area contributed by atoms with Crippen LogP contribution in [0.1, 0.15) is 47.3 Å². The van der Waals surface area contributed by atoms with Crippen LogP contribution in [0.4, 0.5) is 23.8 Å². The molecular weight excluding hydrogens is 613 g/mol. The van der Waals surface area contributed by atoms with Crippen molar-refractivity contribution in [2.24, 2.45) is 0 Å². The molecule has 0 unspecified atom stereocenters. The van der Waals surface area contributed by atoms with Crippen LogP contribution in [0.3, 0.4) is 0 Å². The molecule has 5 aromatic rings. The molecule has 0 aliphatic heterocycles. The average molecular weight is 645 g/mol. The standard InChI is InChI=1S/C33H31F3N8O3/c34-21-6-4-19(5-7-21)8-11-38-33(46)47-18-20-9-10-37-28(12-20)32(45)43-24-3-1-2-23(14-24)42-31-27(36)17-41-30(44-31)26-16-40-29-25(26)13-22(35)15-39-29/h4-7,9-10,12-13,15-17,23-24H,1-3,8,11,14,18H2,(H,38,46)(H,39,40)(H,43,45)(H,41,42,44)/t23-,24+/m1/s1. The molecule has 0 radical (unpaired) electrons. The summed E-state index contributed by atoms with van der Waals surface area (Å²) >= 11 is 0. The van der Waals surface area contributed by atoms with Crippen LogP contribution in [0.25, 0.3) is 22.4 Å². The fourth-order valence-electron chi connectivity index (χ4n) is 5.51. The Bertz CT molecular complexity index is 1890. The van der Waals surface area contributed by atoms with Gasteiger partial charge in [0, 0.05) is 42.0 Å². The van der Waals surface area contributed by atoms with Gasteiger partial charge in [-0.05, 0) is 73.6 Å². The molecule has 1 aliphatic carbocycles. The van der Waals surface area contributed by atoms with Gasteiger partial charge in [0.15, 0.2) is 17.5 Å². The molecule has 6 rings (SSSR count). The van der Waals surface area contributed by atoms with Crippen molar-refractivity contribution in [3.63, 3.8) is 0 Å². The van der Waals surface area contributed by atoms with E-state index < -0.39 is 17.7 Å². The van der Waals surface area contributed by atoms with Crippen molar-refractivity contribution < 1.29 is 27.5 Å². The first-order valence-corrected chi connectivity index (χ1v) is 15.1. The van der Waals surface area contributed by atoms with Crippen LogP contribution in [0.5, 0.6) is 0 Å².